The molecular formula is C12H15BrN2. The second-order valence-electron chi connectivity index (χ2n) is 5.05. The van der Waals surface area contributed by atoms with Crippen molar-refractivity contribution in [2.24, 2.45) is 5.41 Å². The SMILES string of the molecule is CC(C)(C)Cc1cccn2c(Br)cnc12. The zero-order chi connectivity index (χ0) is 11.1. The molecule has 0 aliphatic carbocycles. The minimum Gasteiger partial charge on any atom is -0.294 e. The topological polar surface area (TPSA) is 17.3 Å². The van der Waals surface area contributed by atoms with E-state index in [0.717, 1.165) is 16.7 Å². The summed E-state index contributed by atoms with van der Waals surface area (Å²) in [5.41, 5.74) is 2.65. The molecule has 2 rings (SSSR count). The highest BCUT2D eigenvalue weighted by Gasteiger charge is 2.14. The predicted molar refractivity (Wildman–Crippen MR) is 66.1 cm³/mol. The van der Waals surface area contributed by atoms with Crippen molar-refractivity contribution in [1.29, 1.82) is 0 Å². The van der Waals surface area contributed by atoms with Gasteiger partial charge in [-0.15, -0.1) is 0 Å². The van der Waals surface area contributed by atoms with Gasteiger partial charge in [0.05, 0.1) is 6.20 Å². The van der Waals surface area contributed by atoms with E-state index in [1.807, 2.05) is 12.4 Å². The molecule has 3 heteroatoms. The smallest absolute Gasteiger partial charge is 0.140 e. The van der Waals surface area contributed by atoms with Crippen LogP contribution in [0.25, 0.3) is 5.65 Å². The Hall–Kier alpha value is -0.830. The van der Waals surface area contributed by atoms with Gasteiger partial charge in [0.1, 0.15) is 10.3 Å². The highest BCUT2D eigenvalue weighted by molar-refractivity contribution is 9.10. The standard InChI is InChI=1S/C12H15BrN2/c1-12(2,3)7-9-5-4-6-15-10(13)8-14-11(9)15/h4-6,8H,7H2,1-3H3. The first-order valence-corrected chi connectivity index (χ1v) is 5.87. The number of imidazole rings is 1. The summed E-state index contributed by atoms with van der Waals surface area (Å²) in [6, 6.07) is 4.22. The van der Waals surface area contributed by atoms with Gasteiger partial charge in [-0.2, -0.15) is 0 Å². The number of hydrogen-bond acceptors (Lipinski definition) is 1. The summed E-state index contributed by atoms with van der Waals surface area (Å²) in [6.07, 6.45) is 4.92. The fraction of sp³-hybridized carbons (Fsp3) is 0.417. The van der Waals surface area contributed by atoms with Gasteiger partial charge in [0, 0.05) is 6.20 Å². The number of halogens is 1. The quantitative estimate of drug-likeness (QED) is 0.770. The third kappa shape index (κ3) is 2.23. The molecule has 0 saturated heterocycles. The third-order valence-corrected chi connectivity index (χ3v) is 2.88. The highest BCUT2D eigenvalue weighted by atomic mass is 79.9. The molecule has 2 nitrogen and oxygen atoms in total. The largest absolute Gasteiger partial charge is 0.294 e. The van der Waals surface area contributed by atoms with E-state index in [0.29, 0.717) is 5.41 Å². The lowest BCUT2D eigenvalue weighted by Gasteiger charge is -2.18. The van der Waals surface area contributed by atoms with Crippen molar-refractivity contribution >= 4 is 21.6 Å². The summed E-state index contributed by atoms with van der Waals surface area (Å²) in [5.74, 6) is 0. The van der Waals surface area contributed by atoms with Crippen molar-refractivity contribution in [2.75, 3.05) is 0 Å². The minimum atomic E-state index is 0.292. The zero-order valence-electron chi connectivity index (χ0n) is 9.29. The van der Waals surface area contributed by atoms with E-state index in [-0.39, 0.29) is 0 Å². The maximum absolute atomic E-state index is 4.42. The van der Waals surface area contributed by atoms with E-state index in [1.165, 1.54) is 5.56 Å². The predicted octanol–water partition coefficient (Wildman–Crippen LogP) is 3.69. The summed E-state index contributed by atoms with van der Waals surface area (Å²) >= 11 is 3.48. The van der Waals surface area contributed by atoms with Gasteiger partial charge in [0.25, 0.3) is 0 Å². The van der Waals surface area contributed by atoms with Gasteiger partial charge in [-0.05, 0) is 39.4 Å². The molecule has 0 bridgehead atoms. The first-order valence-electron chi connectivity index (χ1n) is 5.08. The summed E-state index contributed by atoms with van der Waals surface area (Å²) in [7, 11) is 0. The zero-order valence-corrected chi connectivity index (χ0v) is 10.9. The highest BCUT2D eigenvalue weighted by Crippen LogP contribution is 2.24. The van der Waals surface area contributed by atoms with Crippen molar-refractivity contribution in [3.05, 3.63) is 34.7 Å². The number of fused-ring (bicyclic) bond motifs is 1. The van der Waals surface area contributed by atoms with Crippen molar-refractivity contribution in [2.45, 2.75) is 27.2 Å². The average Bonchev–Trinajstić information content (AvgIpc) is 2.47. The molecule has 2 aromatic rings. The van der Waals surface area contributed by atoms with E-state index in [9.17, 15) is 0 Å². The number of rotatable bonds is 1. The Bertz CT molecular complexity index is 480. The number of nitrogens with zero attached hydrogens (tertiary/aromatic N) is 2. The van der Waals surface area contributed by atoms with E-state index in [2.05, 4.69) is 58.2 Å². The maximum Gasteiger partial charge on any atom is 0.140 e. The van der Waals surface area contributed by atoms with Gasteiger partial charge < -0.3 is 0 Å². The van der Waals surface area contributed by atoms with Gasteiger partial charge in [0.15, 0.2) is 0 Å². The molecule has 2 heterocycles. The lowest BCUT2D eigenvalue weighted by atomic mass is 9.88. The van der Waals surface area contributed by atoms with Gasteiger partial charge in [0.2, 0.25) is 0 Å². The van der Waals surface area contributed by atoms with Crippen LogP contribution in [0, 0.1) is 5.41 Å². The molecule has 0 aromatic carbocycles. The molecule has 0 amide bonds. The molecular weight excluding hydrogens is 252 g/mol. The Morgan fingerprint density at radius 2 is 2.13 bits per heavy atom. The summed E-state index contributed by atoms with van der Waals surface area (Å²) < 4.78 is 3.08. The van der Waals surface area contributed by atoms with E-state index in [4.69, 9.17) is 0 Å². The Labute approximate surface area is 98.5 Å². The van der Waals surface area contributed by atoms with Gasteiger partial charge in [-0.25, -0.2) is 4.98 Å². The second kappa shape index (κ2) is 3.63. The molecule has 0 unspecified atom stereocenters. The fourth-order valence-corrected chi connectivity index (χ4v) is 2.14. The molecule has 80 valence electrons. The summed E-state index contributed by atoms with van der Waals surface area (Å²) in [5, 5.41) is 0. The van der Waals surface area contributed by atoms with E-state index < -0.39 is 0 Å². The Morgan fingerprint density at radius 3 is 2.80 bits per heavy atom. The average molecular weight is 267 g/mol. The van der Waals surface area contributed by atoms with Crippen LogP contribution in [-0.2, 0) is 6.42 Å². The Balaban J connectivity index is 2.52. The van der Waals surface area contributed by atoms with Crippen LogP contribution in [0.5, 0.6) is 0 Å². The molecule has 0 aliphatic rings. The minimum absolute atomic E-state index is 0.292. The maximum atomic E-state index is 4.42. The monoisotopic (exact) mass is 266 g/mol. The summed E-state index contributed by atoms with van der Waals surface area (Å²) in [6.45, 7) is 6.73. The van der Waals surface area contributed by atoms with Crippen LogP contribution in [0.3, 0.4) is 0 Å². The molecule has 0 N–H and O–H groups in total. The van der Waals surface area contributed by atoms with Crippen molar-refractivity contribution < 1.29 is 0 Å². The van der Waals surface area contributed by atoms with Gasteiger partial charge in [-0.3, -0.25) is 4.40 Å². The summed E-state index contributed by atoms with van der Waals surface area (Å²) in [4.78, 5) is 4.42. The fourth-order valence-electron chi connectivity index (χ4n) is 1.75. The molecule has 0 spiro atoms. The van der Waals surface area contributed by atoms with Crippen LogP contribution in [0.4, 0.5) is 0 Å². The van der Waals surface area contributed by atoms with Crippen LogP contribution in [-0.4, -0.2) is 9.38 Å². The van der Waals surface area contributed by atoms with Gasteiger partial charge in [-0.1, -0.05) is 26.8 Å². The lowest BCUT2D eigenvalue weighted by molar-refractivity contribution is 0.412. The lowest BCUT2D eigenvalue weighted by Crippen LogP contribution is -2.10. The number of pyridine rings is 1. The molecule has 0 saturated carbocycles. The molecule has 0 atom stereocenters. The van der Waals surface area contributed by atoms with Crippen LogP contribution < -0.4 is 0 Å². The first-order chi connectivity index (χ1) is 6.97. The van der Waals surface area contributed by atoms with Crippen molar-refractivity contribution in [3.8, 4) is 0 Å². The van der Waals surface area contributed by atoms with Crippen LogP contribution >= 0.6 is 15.9 Å². The molecule has 15 heavy (non-hydrogen) atoms. The molecule has 2 aromatic heterocycles. The second-order valence-corrected chi connectivity index (χ2v) is 5.86. The van der Waals surface area contributed by atoms with Crippen LogP contribution in [0.15, 0.2) is 29.1 Å². The van der Waals surface area contributed by atoms with E-state index in [1.54, 1.807) is 0 Å². The molecule has 0 radical (unpaired) electrons. The van der Waals surface area contributed by atoms with Crippen LogP contribution in [0.2, 0.25) is 0 Å². The van der Waals surface area contributed by atoms with Crippen LogP contribution in [0.1, 0.15) is 26.3 Å². The Kier molecular flexibility index (Phi) is 2.59. The van der Waals surface area contributed by atoms with E-state index >= 15 is 0 Å². The molecule has 0 aliphatic heterocycles. The Morgan fingerprint density at radius 1 is 1.40 bits per heavy atom. The number of hydrogen-bond donors (Lipinski definition) is 0. The first kappa shape index (κ1) is 10.7. The van der Waals surface area contributed by atoms with Crippen molar-refractivity contribution in [3.63, 3.8) is 0 Å². The van der Waals surface area contributed by atoms with Gasteiger partial charge >= 0.3 is 0 Å². The normalized spacial score (nSPS) is 12.3. The number of aromatic nitrogens is 2. The van der Waals surface area contributed by atoms with Crippen molar-refractivity contribution in [1.82, 2.24) is 9.38 Å². The molecule has 0 fully saturated rings. The third-order valence-electron chi connectivity index (χ3n) is 2.29.